The molecule has 0 rings (SSSR count). The van der Waals surface area contributed by atoms with E-state index in [0.717, 1.165) is 32.1 Å². The van der Waals surface area contributed by atoms with E-state index in [4.69, 9.17) is 62.7 Å². The Morgan fingerprint density at radius 1 is 0.348 bits per heavy atom. The van der Waals surface area contributed by atoms with Gasteiger partial charge in [0.2, 0.25) is 11.8 Å². The van der Waals surface area contributed by atoms with Crippen molar-refractivity contribution in [2.45, 2.75) is 116 Å². The Kier molecular flexibility index (Phi) is 54.3. The van der Waals surface area contributed by atoms with E-state index in [0.29, 0.717) is 191 Å². The van der Waals surface area contributed by atoms with Gasteiger partial charge in [-0.05, 0) is 24.8 Å². The first-order valence-electron chi connectivity index (χ1n) is 24.7. The van der Waals surface area contributed by atoms with E-state index in [2.05, 4.69) is 20.7 Å². The van der Waals surface area contributed by atoms with Gasteiger partial charge in [0.05, 0.1) is 145 Å². The molecule has 0 bridgehead atoms. The number of carbonyl (C=O) groups is 3. The second-order valence-electron chi connectivity index (χ2n) is 15.3. The lowest BCUT2D eigenvalue weighted by atomic mass is 10.0. The molecule has 0 aromatic carbocycles. The summed E-state index contributed by atoms with van der Waals surface area (Å²) in [7, 11) is 0. The number of carboxylic acid groups (broad SMARTS) is 1. The Labute approximate surface area is 395 Å². The Bertz CT molecular complexity index is 1100. The van der Waals surface area contributed by atoms with E-state index < -0.39 is 5.97 Å². The minimum atomic E-state index is -0.691. The third-order valence-corrected chi connectivity index (χ3v) is 9.63. The largest absolute Gasteiger partial charge is 0.481 e. The number of unbranched alkanes of at least 4 members (excludes halogenated alkanes) is 13. The molecular weight excluding hydrogens is 863 g/mol. The monoisotopic (exact) mass is 952 g/mol. The summed E-state index contributed by atoms with van der Waals surface area (Å²) < 4.78 is 60.0. The lowest BCUT2D eigenvalue weighted by Gasteiger charge is -2.09. The van der Waals surface area contributed by atoms with E-state index in [9.17, 15) is 14.4 Å². The number of nitrogens with zero attached hydrogens (tertiary/aromatic N) is 3. The van der Waals surface area contributed by atoms with Crippen LogP contribution >= 0.6 is 0 Å². The number of carboxylic acids is 1. The maximum Gasteiger partial charge on any atom is 0.303 e. The van der Waals surface area contributed by atoms with E-state index >= 15 is 0 Å². The van der Waals surface area contributed by atoms with Crippen LogP contribution < -0.4 is 10.6 Å². The summed E-state index contributed by atoms with van der Waals surface area (Å²) in [6.07, 6.45) is 18.0. The fraction of sp³-hybridized carbons (Fsp3) is 0.935. The molecular formula is C46H89N5O15. The molecule has 2 amide bonds. The second-order valence-corrected chi connectivity index (χ2v) is 15.3. The van der Waals surface area contributed by atoms with Crippen LogP contribution in [0.3, 0.4) is 0 Å². The Morgan fingerprint density at radius 2 is 0.606 bits per heavy atom. The Balaban J connectivity index is 3.21. The molecule has 0 aromatic heterocycles. The van der Waals surface area contributed by atoms with Crippen LogP contribution in [-0.4, -0.2) is 188 Å². The molecule has 0 spiro atoms. The van der Waals surface area contributed by atoms with Gasteiger partial charge < -0.3 is 67.8 Å². The molecule has 0 saturated heterocycles. The fourth-order valence-electron chi connectivity index (χ4n) is 6.05. The van der Waals surface area contributed by atoms with Crippen molar-refractivity contribution in [3.05, 3.63) is 10.4 Å². The number of aliphatic carboxylic acids is 1. The number of amides is 2. The first-order chi connectivity index (χ1) is 32.6. The standard InChI is InChI=1S/C46H89N5O15/c47-51-50-21-23-57-25-27-59-29-31-61-33-35-63-37-39-65-41-43-66-42-40-64-38-36-62-34-32-60-30-28-58-26-24-56-22-20-49-45(53)17-15-19-48-44(52)16-13-11-9-7-5-3-1-2-4-6-8-10-12-14-18-46(54)55/h1-43H2,(H,48,52)(H,49,53)(H,54,55). The number of hydrogen-bond acceptors (Lipinski definition) is 15. The molecule has 20 nitrogen and oxygen atoms in total. The maximum absolute atomic E-state index is 12.1. The van der Waals surface area contributed by atoms with Crippen LogP contribution in [0.1, 0.15) is 116 Å². The lowest BCUT2D eigenvalue weighted by Crippen LogP contribution is -2.29. The molecule has 0 aromatic rings. The topological polar surface area (TPSA) is 246 Å². The van der Waals surface area contributed by atoms with Gasteiger partial charge in [0.1, 0.15) is 0 Å². The first-order valence-corrected chi connectivity index (χ1v) is 24.7. The van der Waals surface area contributed by atoms with Gasteiger partial charge >= 0.3 is 5.97 Å². The van der Waals surface area contributed by atoms with E-state index in [1.54, 1.807) is 0 Å². The van der Waals surface area contributed by atoms with E-state index in [-0.39, 0.29) is 11.8 Å². The number of rotatable bonds is 57. The van der Waals surface area contributed by atoms with Crippen LogP contribution in [0, 0.1) is 0 Å². The molecule has 0 radical (unpaired) electrons. The predicted molar refractivity (Wildman–Crippen MR) is 250 cm³/mol. The molecule has 66 heavy (non-hydrogen) atoms. The minimum Gasteiger partial charge on any atom is -0.481 e. The predicted octanol–water partition coefficient (Wildman–Crippen LogP) is 5.82. The molecule has 388 valence electrons. The van der Waals surface area contributed by atoms with Crippen molar-refractivity contribution in [1.29, 1.82) is 0 Å². The zero-order valence-electron chi connectivity index (χ0n) is 40.4. The molecule has 0 aliphatic carbocycles. The molecule has 3 N–H and O–H groups in total. The minimum absolute atomic E-state index is 0.0509. The Hall–Kier alpha value is -2.72. The summed E-state index contributed by atoms with van der Waals surface area (Å²) in [4.78, 5) is 37.3. The highest BCUT2D eigenvalue weighted by Crippen LogP contribution is 2.14. The maximum atomic E-state index is 12.1. The molecule has 0 heterocycles. The van der Waals surface area contributed by atoms with Gasteiger partial charge in [-0.25, -0.2) is 0 Å². The van der Waals surface area contributed by atoms with Crippen LogP contribution in [0.4, 0.5) is 0 Å². The normalized spacial score (nSPS) is 11.2. The van der Waals surface area contributed by atoms with Crippen molar-refractivity contribution in [3.63, 3.8) is 0 Å². The van der Waals surface area contributed by atoms with Crippen molar-refractivity contribution in [3.8, 4) is 0 Å². The molecule has 0 saturated carbocycles. The molecule has 0 aliphatic rings. The Morgan fingerprint density at radius 3 is 0.924 bits per heavy atom. The summed E-state index contributed by atoms with van der Waals surface area (Å²) in [5.74, 6) is -0.683. The smallest absolute Gasteiger partial charge is 0.303 e. The number of ether oxygens (including phenoxy) is 11. The average molecular weight is 952 g/mol. The highest BCUT2D eigenvalue weighted by molar-refractivity contribution is 5.77. The van der Waals surface area contributed by atoms with Gasteiger partial charge in [-0.3, -0.25) is 14.4 Å². The number of nitrogens with one attached hydrogen (secondary N) is 2. The average Bonchev–Trinajstić information content (AvgIpc) is 3.31. The highest BCUT2D eigenvalue weighted by Gasteiger charge is 2.05. The molecule has 0 unspecified atom stereocenters. The molecule has 0 aliphatic heterocycles. The van der Waals surface area contributed by atoms with Crippen molar-refractivity contribution >= 4 is 17.8 Å². The van der Waals surface area contributed by atoms with Gasteiger partial charge in [0.25, 0.3) is 0 Å². The summed E-state index contributed by atoms with van der Waals surface area (Å²) in [6, 6.07) is 0. The number of hydrogen-bond donors (Lipinski definition) is 3. The van der Waals surface area contributed by atoms with E-state index in [1.165, 1.54) is 57.8 Å². The van der Waals surface area contributed by atoms with Crippen LogP contribution in [0.5, 0.6) is 0 Å². The molecule has 0 fully saturated rings. The van der Waals surface area contributed by atoms with Crippen LogP contribution in [0.15, 0.2) is 5.11 Å². The zero-order valence-corrected chi connectivity index (χ0v) is 40.4. The van der Waals surface area contributed by atoms with Crippen LogP contribution in [0.2, 0.25) is 0 Å². The first kappa shape index (κ1) is 63.3. The molecule has 0 atom stereocenters. The summed E-state index contributed by atoms with van der Waals surface area (Å²) in [5.41, 5.74) is 8.16. The van der Waals surface area contributed by atoms with Crippen LogP contribution in [-0.2, 0) is 66.5 Å². The van der Waals surface area contributed by atoms with Crippen molar-refractivity contribution in [2.24, 2.45) is 5.11 Å². The number of azide groups is 1. The van der Waals surface area contributed by atoms with Crippen molar-refractivity contribution < 1.29 is 71.6 Å². The van der Waals surface area contributed by atoms with Gasteiger partial charge in [-0.1, -0.05) is 82.2 Å². The van der Waals surface area contributed by atoms with Crippen LogP contribution in [0.25, 0.3) is 10.4 Å². The third-order valence-electron chi connectivity index (χ3n) is 9.63. The fourth-order valence-corrected chi connectivity index (χ4v) is 6.05. The van der Waals surface area contributed by atoms with E-state index in [1.807, 2.05) is 0 Å². The quantitative estimate of drug-likeness (QED) is 0.0282. The lowest BCUT2D eigenvalue weighted by molar-refractivity contribution is -0.137. The van der Waals surface area contributed by atoms with Gasteiger partial charge in [-0.2, -0.15) is 0 Å². The summed E-state index contributed by atoms with van der Waals surface area (Å²) in [6.45, 7) is 11.4. The van der Waals surface area contributed by atoms with Crippen molar-refractivity contribution in [1.82, 2.24) is 10.6 Å². The van der Waals surface area contributed by atoms with Crippen molar-refractivity contribution in [2.75, 3.05) is 165 Å². The van der Waals surface area contributed by atoms with Gasteiger partial charge in [-0.15, -0.1) is 0 Å². The second kappa shape index (κ2) is 56.6. The molecule has 20 heteroatoms. The zero-order chi connectivity index (χ0) is 47.7. The SMILES string of the molecule is [N-]=[N+]=NCCOCCOCCOCCOCCOCCOCCOCCOCCOCCOCCOCCNC(=O)CCCNC(=O)CCCCCCCCCCCCCCCCC(=O)O. The summed E-state index contributed by atoms with van der Waals surface area (Å²) >= 11 is 0. The van der Waals surface area contributed by atoms with Gasteiger partial charge in [0.15, 0.2) is 0 Å². The highest BCUT2D eigenvalue weighted by atomic mass is 16.6. The third kappa shape index (κ3) is 57.4. The number of carbonyl (C=O) groups excluding carboxylic acids is 2. The summed E-state index contributed by atoms with van der Waals surface area (Å²) in [5, 5.41) is 17.8. The van der Waals surface area contributed by atoms with Gasteiger partial charge in [0, 0.05) is 43.8 Å².